The molecular weight excluding hydrogens is 236 g/mol. The van der Waals surface area contributed by atoms with E-state index in [-0.39, 0.29) is 11.8 Å². The third-order valence-corrected chi connectivity index (χ3v) is 2.93. The van der Waals surface area contributed by atoms with Crippen molar-refractivity contribution < 1.29 is 0 Å². The molecule has 1 aromatic heterocycles. The Morgan fingerprint density at radius 3 is 2.71 bits per heavy atom. The van der Waals surface area contributed by atoms with Gasteiger partial charge in [-0.3, -0.25) is 5.41 Å². The summed E-state index contributed by atoms with van der Waals surface area (Å²) in [7, 11) is 0. The molecule has 0 saturated carbocycles. The molecular formula is C10H18N6S. The van der Waals surface area contributed by atoms with Crippen molar-refractivity contribution in [3.63, 3.8) is 0 Å². The summed E-state index contributed by atoms with van der Waals surface area (Å²) >= 11 is 1.43. The van der Waals surface area contributed by atoms with Crippen molar-refractivity contribution >= 4 is 28.3 Å². The van der Waals surface area contributed by atoms with E-state index in [4.69, 9.17) is 22.6 Å². The second-order valence-electron chi connectivity index (χ2n) is 3.74. The van der Waals surface area contributed by atoms with Gasteiger partial charge in [0, 0.05) is 11.8 Å². The number of thiazole rings is 1. The minimum Gasteiger partial charge on any atom is -0.388 e. The number of rotatable bonds is 7. The Morgan fingerprint density at radius 2 is 2.06 bits per heavy atom. The fourth-order valence-corrected chi connectivity index (χ4v) is 2.11. The maximum Gasteiger partial charge on any atom is 0.212 e. The largest absolute Gasteiger partial charge is 0.388 e. The average Bonchev–Trinajstić information content (AvgIpc) is 2.63. The lowest BCUT2D eigenvalue weighted by Gasteiger charge is -1.98. The van der Waals surface area contributed by atoms with E-state index in [1.807, 2.05) is 5.38 Å². The standard InChI is InChI=1S/C10H18N6S/c11-8(12)5-3-1-2-4-7-6-17-10(15-7)16-9(13)14/h6H,1-5H2,(H3,11,12)(H4,13,14,15,16). The van der Waals surface area contributed by atoms with E-state index in [0.717, 1.165) is 31.4 Å². The monoisotopic (exact) mass is 254 g/mol. The van der Waals surface area contributed by atoms with Gasteiger partial charge in [-0.25, -0.2) is 4.98 Å². The Hall–Kier alpha value is -1.63. The third kappa shape index (κ3) is 5.86. The van der Waals surface area contributed by atoms with E-state index >= 15 is 0 Å². The summed E-state index contributed by atoms with van der Waals surface area (Å²) in [6, 6.07) is 0. The number of nitrogens with two attached hydrogens (primary N) is 3. The van der Waals surface area contributed by atoms with E-state index in [1.165, 1.54) is 11.3 Å². The lowest BCUT2D eigenvalue weighted by atomic mass is 10.1. The van der Waals surface area contributed by atoms with Gasteiger partial charge in [0.1, 0.15) is 0 Å². The Balaban J connectivity index is 2.26. The van der Waals surface area contributed by atoms with Crippen LogP contribution in [-0.2, 0) is 6.42 Å². The van der Waals surface area contributed by atoms with Crippen LogP contribution >= 0.6 is 11.3 Å². The highest BCUT2D eigenvalue weighted by Gasteiger charge is 2.01. The number of unbranched alkanes of at least 4 members (excludes halogenated alkanes) is 2. The molecule has 7 N–H and O–H groups in total. The number of nitrogens with zero attached hydrogens (tertiary/aromatic N) is 2. The predicted octanol–water partition coefficient (Wildman–Crippen LogP) is 1.09. The number of amidine groups is 1. The number of hydrogen-bond donors (Lipinski definition) is 4. The Bertz CT molecular complexity index is 393. The molecule has 0 amide bonds. The van der Waals surface area contributed by atoms with Crippen LogP contribution in [0.5, 0.6) is 0 Å². The van der Waals surface area contributed by atoms with E-state index in [2.05, 4.69) is 9.98 Å². The van der Waals surface area contributed by atoms with Crippen molar-refractivity contribution in [2.45, 2.75) is 32.1 Å². The molecule has 0 saturated heterocycles. The zero-order valence-corrected chi connectivity index (χ0v) is 10.5. The van der Waals surface area contributed by atoms with E-state index in [9.17, 15) is 0 Å². The highest BCUT2D eigenvalue weighted by Crippen LogP contribution is 2.19. The van der Waals surface area contributed by atoms with Crippen molar-refractivity contribution in [1.82, 2.24) is 4.98 Å². The van der Waals surface area contributed by atoms with Crippen LogP contribution in [0.3, 0.4) is 0 Å². The van der Waals surface area contributed by atoms with Crippen molar-refractivity contribution in [3.05, 3.63) is 11.1 Å². The minimum absolute atomic E-state index is 0.0346. The highest BCUT2D eigenvalue weighted by atomic mass is 32.1. The van der Waals surface area contributed by atoms with Gasteiger partial charge >= 0.3 is 0 Å². The van der Waals surface area contributed by atoms with Gasteiger partial charge in [0.2, 0.25) is 5.13 Å². The number of nitrogens with one attached hydrogen (secondary N) is 1. The van der Waals surface area contributed by atoms with E-state index < -0.39 is 0 Å². The first kappa shape index (κ1) is 13.4. The van der Waals surface area contributed by atoms with Crippen LogP contribution in [0.25, 0.3) is 0 Å². The number of aromatic nitrogens is 1. The molecule has 0 aliphatic carbocycles. The smallest absolute Gasteiger partial charge is 0.212 e. The third-order valence-electron chi connectivity index (χ3n) is 2.14. The summed E-state index contributed by atoms with van der Waals surface area (Å²) in [4.78, 5) is 8.17. The molecule has 1 rings (SSSR count). The predicted molar refractivity (Wildman–Crippen MR) is 71.7 cm³/mol. The number of hydrogen-bond acceptors (Lipinski definition) is 4. The Kier molecular flexibility index (Phi) is 5.41. The number of aryl methyl sites for hydroxylation is 1. The summed E-state index contributed by atoms with van der Waals surface area (Å²) in [5.41, 5.74) is 16.8. The normalized spacial score (nSPS) is 10.1. The quantitative estimate of drug-likeness (QED) is 0.330. The zero-order valence-electron chi connectivity index (χ0n) is 9.65. The summed E-state index contributed by atoms with van der Waals surface area (Å²) in [6.45, 7) is 0. The summed E-state index contributed by atoms with van der Waals surface area (Å²) in [5, 5.41) is 9.66. The lowest BCUT2D eigenvalue weighted by Crippen LogP contribution is -2.21. The second kappa shape index (κ2) is 6.85. The van der Waals surface area contributed by atoms with Crippen molar-refractivity contribution in [2.75, 3.05) is 0 Å². The first-order valence-corrected chi connectivity index (χ1v) is 6.33. The zero-order chi connectivity index (χ0) is 12.7. The molecule has 0 aliphatic rings. The minimum atomic E-state index is 0.0346. The molecule has 1 aromatic rings. The fourth-order valence-electron chi connectivity index (χ4n) is 1.37. The molecule has 0 radical (unpaired) electrons. The molecule has 0 fully saturated rings. The SMILES string of the molecule is N=C(N)CCCCCc1csc(N=C(N)N)n1. The molecule has 7 heteroatoms. The molecule has 1 heterocycles. The highest BCUT2D eigenvalue weighted by molar-refractivity contribution is 7.13. The molecule has 0 aromatic carbocycles. The number of guanidine groups is 1. The Morgan fingerprint density at radius 1 is 1.29 bits per heavy atom. The average molecular weight is 254 g/mol. The van der Waals surface area contributed by atoms with Crippen molar-refractivity contribution in [2.24, 2.45) is 22.2 Å². The van der Waals surface area contributed by atoms with Gasteiger partial charge in [0.25, 0.3) is 0 Å². The van der Waals surface area contributed by atoms with Crippen LogP contribution in [0.2, 0.25) is 0 Å². The molecule has 0 unspecified atom stereocenters. The number of aliphatic imine (C=N–C) groups is 1. The molecule has 94 valence electrons. The van der Waals surface area contributed by atoms with Crippen LogP contribution < -0.4 is 17.2 Å². The van der Waals surface area contributed by atoms with Gasteiger partial charge in [-0.05, 0) is 19.3 Å². The summed E-state index contributed by atoms with van der Waals surface area (Å²) in [5.74, 6) is 0.293. The van der Waals surface area contributed by atoms with Crippen molar-refractivity contribution in [1.29, 1.82) is 5.41 Å². The second-order valence-corrected chi connectivity index (χ2v) is 4.58. The summed E-state index contributed by atoms with van der Waals surface area (Å²) < 4.78 is 0. The lowest BCUT2D eigenvalue weighted by molar-refractivity contribution is 0.688. The molecule has 6 nitrogen and oxygen atoms in total. The molecule has 0 aliphatic heterocycles. The van der Waals surface area contributed by atoms with Gasteiger partial charge in [-0.1, -0.05) is 6.42 Å². The van der Waals surface area contributed by atoms with Gasteiger partial charge in [0.05, 0.1) is 11.5 Å². The van der Waals surface area contributed by atoms with Crippen LogP contribution in [0, 0.1) is 5.41 Å². The van der Waals surface area contributed by atoms with Gasteiger partial charge in [-0.2, -0.15) is 4.99 Å². The summed E-state index contributed by atoms with van der Waals surface area (Å²) in [6.07, 6.45) is 4.64. The van der Waals surface area contributed by atoms with Crippen LogP contribution in [0.15, 0.2) is 10.4 Å². The van der Waals surface area contributed by atoms with Gasteiger partial charge in [0.15, 0.2) is 5.96 Å². The molecule has 17 heavy (non-hydrogen) atoms. The van der Waals surface area contributed by atoms with E-state index in [1.54, 1.807) is 0 Å². The van der Waals surface area contributed by atoms with Crippen LogP contribution in [0.4, 0.5) is 5.13 Å². The van der Waals surface area contributed by atoms with Gasteiger partial charge in [-0.15, -0.1) is 11.3 Å². The molecule has 0 spiro atoms. The maximum absolute atomic E-state index is 7.09. The first-order valence-electron chi connectivity index (χ1n) is 5.45. The van der Waals surface area contributed by atoms with Gasteiger partial charge < -0.3 is 17.2 Å². The van der Waals surface area contributed by atoms with Crippen LogP contribution in [0.1, 0.15) is 31.4 Å². The maximum atomic E-state index is 7.09. The topological polar surface area (TPSA) is 127 Å². The van der Waals surface area contributed by atoms with Crippen LogP contribution in [-0.4, -0.2) is 16.8 Å². The van der Waals surface area contributed by atoms with E-state index in [0.29, 0.717) is 11.6 Å². The molecule has 0 bridgehead atoms. The fraction of sp³-hybridized carbons (Fsp3) is 0.500. The van der Waals surface area contributed by atoms with Crippen molar-refractivity contribution in [3.8, 4) is 0 Å². The Labute approximate surface area is 104 Å². The first-order chi connectivity index (χ1) is 8.08. The molecule has 0 atom stereocenters.